The minimum absolute atomic E-state index is 0.0956. The van der Waals surface area contributed by atoms with E-state index in [9.17, 15) is 17.6 Å². The molecule has 0 spiro atoms. The van der Waals surface area contributed by atoms with Gasteiger partial charge in [0.2, 0.25) is 0 Å². The summed E-state index contributed by atoms with van der Waals surface area (Å²) in [4.78, 5) is 15.0. The molecule has 1 aliphatic rings. The number of nitrogens with one attached hydrogen (secondary N) is 2. The second-order valence-corrected chi connectivity index (χ2v) is 10.2. The lowest BCUT2D eigenvalue weighted by Crippen LogP contribution is -2.38. The Kier molecular flexibility index (Phi) is 8.51. The zero-order valence-electron chi connectivity index (χ0n) is 18.1. The van der Waals surface area contributed by atoms with Crippen molar-refractivity contribution < 1.29 is 17.6 Å². The molecule has 9 heteroatoms. The average molecular weight is 482 g/mol. The summed E-state index contributed by atoms with van der Waals surface area (Å²) in [5.41, 5.74) is 0.314. The largest absolute Gasteiger partial charge is 0.352 e. The van der Waals surface area contributed by atoms with Crippen LogP contribution in [0.5, 0.6) is 0 Å². The van der Waals surface area contributed by atoms with E-state index < -0.39 is 21.7 Å². The molecule has 2 aromatic rings. The summed E-state index contributed by atoms with van der Waals surface area (Å²) < 4.78 is 40.7. The van der Waals surface area contributed by atoms with Crippen LogP contribution in [0.1, 0.15) is 49.4 Å². The van der Waals surface area contributed by atoms with Crippen molar-refractivity contribution in [1.82, 2.24) is 10.2 Å². The van der Waals surface area contributed by atoms with E-state index in [-0.39, 0.29) is 21.2 Å². The number of amides is 1. The summed E-state index contributed by atoms with van der Waals surface area (Å²) >= 11 is 6.15. The van der Waals surface area contributed by atoms with Gasteiger partial charge in [0.1, 0.15) is 5.82 Å². The molecule has 1 fully saturated rings. The lowest BCUT2D eigenvalue weighted by molar-refractivity contribution is 0.0951. The fourth-order valence-corrected chi connectivity index (χ4v) is 5.09. The fraction of sp³-hybridized carbons (Fsp3) is 0.435. The highest BCUT2D eigenvalue weighted by Gasteiger charge is 2.20. The van der Waals surface area contributed by atoms with Crippen molar-refractivity contribution in [1.29, 1.82) is 0 Å². The van der Waals surface area contributed by atoms with Crippen LogP contribution in [0.4, 0.5) is 10.1 Å². The highest BCUT2D eigenvalue weighted by molar-refractivity contribution is 7.92. The number of rotatable bonds is 9. The van der Waals surface area contributed by atoms with Crippen LogP contribution in [0.25, 0.3) is 0 Å². The smallest absolute Gasteiger partial charge is 0.261 e. The molecule has 0 aromatic heterocycles. The number of carbonyl (C=O) groups excluding carboxylic acids is 1. The molecule has 6 nitrogen and oxygen atoms in total. The van der Waals surface area contributed by atoms with Crippen LogP contribution in [-0.2, 0) is 10.0 Å². The Hall–Kier alpha value is -2.16. The number of nitrogens with zero attached hydrogens (tertiary/aromatic N) is 1. The predicted octanol–water partition coefficient (Wildman–Crippen LogP) is 4.66. The van der Waals surface area contributed by atoms with E-state index in [1.165, 1.54) is 49.6 Å². The summed E-state index contributed by atoms with van der Waals surface area (Å²) in [5.74, 6) is -0.885. The van der Waals surface area contributed by atoms with Gasteiger partial charge in [-0.15, -0.1) is 0 Å². The van der Waals surface area contributed by atoms with Gasteiger partial charge in [-0.1, -0.05) is 18.0 Å². The van der Waals surface area contributed by atoms with Crippen LogP contribution >= 0.6 is 11.6 Å². The maximum absolute atomic E-state index is 13.1. The monoisotopic (exact) mass is 481 g/mol. The fourth-order valence-electron chi connectivity index (χ4n) is 3.80. The lowest BCUT2D eigenvalue weighted by Gasteiger charge is -2.33. The number of unbranched alkanes of at least 4 members (excludes halogenated alkanes) is 1. The number of benzene rings is 2. The van der Waals surface area contributed by atoms with Crippen LogP contribution < -0.4 is 10.0 Å². The van der Waals surface area contributed by atoms with Gasteiger partial charge in [-0.2, -0.15) is 0 Å². The third-order valence-electron chi connectivity index (χ3n) is 5.69. The molecule has 0 radical (unpaired) electrons. The molecule has 1 amide bonds. The van der Waals surface area contributed by atoms with Crippen LogP contribution in [-0.4, -0.2) is 44.9 Å². The van der Waals surface area contributed by atoms with Gasteiger partial charge in [-0.3, -0.25) is 9.52 Å². The van der Waals surface area contributed by atoms with Crippen LogP contribution in [0.15, 0.2) is 47.4 Å². The van der Waals surface area contributed by atoms with Crippen molar-refractivity contribution in [2.45, 2.75) is 50.0 Å². The first-order valence-electron chi connectivity index (χ1n) is 10.9. The molecular formula is C23H29ClFN3O3S. The first-order chi connectivity index (χ1) is 15.3. The molecule has 1 unspecified atom stereocenters. The van der Waals surface area contributed by atoms with Gasteiger partial charge < -0.3 is 10.2 Å². The number of piperidine rings is 1. The summed E-state index contributed by atoms with van der Waals surface area (Å²) in [5, 5.41) is 3.00. The highest BCUT2D eigenvalue weighted by Crippen LogP contribution is 2.23. The van der Waals surface area contributed by atoms with Crippen molar-refractivity contribution in [3.05, 3.63) is 58.9 Å². The predicted molar refractivity (Wildman–Crippen MR) is 125 cm³/mol. The third-order valence-corrected chi connectivity index (χ3v) is 7.40. The maximum atomic E-state index is 13.1. The van der Waals surface area contributed by atoms with Crippen molar-refractivity contribution >= 4 is 33.2 Å². The van der Waals surface area contributed by atoms with Gasteiger partial charge in [0.05, 0.1) is 15.5 Å². The molecule has 1 heterocycles. The average Bonchev–Trinajstić information content (AvgIpc) is 2.76. The van der Waals surface area contributed by atoms with E-state index in [4.69, 9.17) is 11.6 Å². The van der Waals surface area contributed by atoms with Crippen LogP contribution in [0.3, 0.4) is 0 Å². The minimum Gasteiger partial charge on any atom is -0.352 e. The molecule has 0 aliphatic carbocycles. The molecular weight excluding hydrogens is 453 g/mol. The summed E-state index contributed by atoms with van der Waals surface area (Å²) in [6, 6.07) is 9.53. The Morgan fingerprint density at radius 3 is 2.62 bits per heavy atom. The summed E-state index contributed by atoms with van der Waals surface area (Å²) in [7, 11) is -3.96. The molecule has 1 atom stereocenters. The van der Waals surface area contributed by atoms with E-state index in [0.29, 0.717) is 12.6 Å². The van der Waals surface area contributed by atoms with Gasteiger partial charge in [0.25, 0.3) is 15.9 Å². The molecule has 0 bridgehead atoms. The van der Waals surface area contributed by atoms with Gasteiger partial charge in [-0.25, -0.2) is 12.8 Å². The molecule has 32 heavy (non-hydrogen) atoms. The Bertz CT molecular complexity index is 1030. The maximum Gasteiger partial charge on any atom is 0.261 e. The van der Waals surface area contributed by atoms with E-state index >= 15 is 0 Å². The first kappa shape index (κ1) is 24.5. The van der Waals surface area contributed by atoms with Crippen molar-refractivity contribution in [2.24, 2.45) is 0 Å². The van der Waals surface area contributed by atoms with Crippen LogP contribution in [0, 0.1) is 5.82 Å². The number of likely N-dealkylation sites (tertiary alicyclic amines) is 1. The normalized spacial score (nSPS) is 17.2. The molecule has 1 saturated heterocycles. The number of hydrogen-bond acceptors (Lipinski definition) is 4. The zero-order valence-corrected chi connectivity index (χ0v) is 19.7. The van der Waals surface area contributed by atoms with E-state index in [2.05, 4.69) is 21.9 Å². The quantitative estimate of drug-likeness (QED) is 0.510. The molecule has 2 aromatic carbocycles. The van der Waals surface area contributed by atoms with Crippen molar-refractivity contribution in [3.63, 3.8) is 0 Å². The molecule has 2 N–H and O–H groups in total. The Balaban J connectivity index is 1.56. The molecule has 174 valence electrons. The lowest BCUT2D eigenvalue weighted by atomic mass is 10.0. The second-order valence-electron chi connectivity index (χ2n) is 8.10. The van der Waals surface area contributed by atoms with Crippen molar-refractivity contribution in [3.8, 4) is 0 Å². The van der Waals surface area contributed by atoms with Gasteiger partial charge in [0.15, 0.2) is 0 Å². The van der Waals surface area contributed by atoms with Crippen LogP contribution in [0.2, 0.25) is 5.02 Å². The Labute approximate surface area is 194 Å². The topological polar surface area (TPSA) is 78.5 Å². The molecule has 1 aliphatic heterocycles. The molecule has 3 rings (SSSR count). The van der Waals surface area contributed by atoms with E-state index in [1.807, 2.05) is 0 Å². The number of sulfonamides is 1. The van der Waals surface area contributed by atoms with Crippen molar-refractivity contribution in [2.75, 3.05) is 24.4 Å². The Morgan fingerprint density at radius 2 is 1.91 bits per heavy atom. The van der Waals surface area contributed by atoms with Gasteiger partial charge in [0, 0.05) is 18.3 Å². The SMILES string of the molecule is CC1CCCCN1CCCCNC(=O)c1cc(S(=O)(=O)Nc2ccc(F)cc2)ccc1Cl. The van der Waals surface area contributed by atoms with E-state index in [1.54, 1.807) is 0 Å². The number of hydrogen-bond donors (Lipinski definition) is 2. The third kappa shape index (κ3) is 6.67. The standard InChI is InChI=1S/C23H29ClFN3O3S/c1-17-6-2-4-14-28(17)15-5-3-13-26-23(29)21-16-20(11-12-22(21)24)32(30,31)27-19-9-7-18(25)8-10-19/h7-12,16-17,27H,2-6,13-15H2,1H3,(H,26,29). The van der Waals surface area contributed by atoms with Gasteiger partial charge in [-0.05, 0) is 88.2 Å². The highest BCUT2D eigenvalue weighted by atomic mass is 35.5. The summed E-state index contributed by atoms with van der Waals surface area (Å²) in [6.07, 6.45) is 5.59. The number of anilines is 1. The number of carbonyl (C=O) groups is 1. The Morgan fingerprint density at radius 1 is 1.16 bits per heavy atom. The first-order valence-corrected chi connectivity index (χ1v) is 12.7. The minimum atomic E-state index is -3.96. The second kappa shape index (κ2) is 11.1. The number of halogens is 2. The molecule has 0 saturated carbocycles. The van der Waals surface area contributed by atoms with Gasteiger partial charge >= 0.3 is 0 Å². The zero-order chi connectivity index (χ0) is 23.1. The summed E-state index contributed by atoms with van der Waals surface area (Å²) in [6.45, 7) is 4.90. The van der Waals surface area contributed by atoms with E-state index in [0.717, 1.165) is 38.1 Å².